The molecule has 1 aromatic heterocycles. The highest BCUT2D eigenvalue weighted by Crippen LogP contribution is 2.24. The van der Waals surface area contributed by atoms with Crippen molar-refractivity contribution < 1.29 is 18.8 Å². The van der Waals surface area contributed by atoms with Crippen molar-refractivity contribution >= 4 is 11.9 Å². The second kappa shape index (κ2) is 9.69. The van der Waals surface area contributed by atoms with Gasteiger partial charge in [0.1, 0.15) is 17.1 Å². The minimum absolute atomic E-state index is 0.0235. The maximum atomic E-state index is 14.6. The summed E-state index contributed by atoms with van der Waals surface area (Å²) in [6.45, 7) is 0.152. The van der Waals surface area contributed by atoms with Crippen LogP contribution >= 0.6 is 0 Å². The number of halogens is 1. The Morgan fingerprint density at radius 1 is 1.20 bits per heavy atom. The van der Waals surface area contributed by atoms with E-state index in [0.29, 0.717) is 24.4 Å². The number of carboxylic acids is 1. The zero-order valence-electron chi connectivity index (χ0n) is 16.8. The van der Waals surface area contributed by atoms with Crippen LogP contribution in [0.1, 0.15) is 27.4 Å². The highest BCUT2D eigenvalue weighted by atomic mass is 19.1. The molecule has 0 saturated carbocycles. The second-order valence-corrected chi connectivity index (χ2v) is 6.59. The van der Waals surface area contributed by atoms with Crippen molar-refractivity contribution in [2.24, 2.45) is 4.99 Å². The minimum atomic E-state index is -1.12. The molecule has 0 amide bonds. The number of aliphatic imine (C=N–C) groups is 1. The fourth-order valence-electron chi connectivity index (χ4n) is 3.17. The highest BCUT2D eigenvalue weighted by Gasteiger charge is 2.22. The van der Waals surface area contributed by atoms with Crippen LogP contribution in [0.15, 0.2) is 58.0 Å². The summed E-state index contributed by atoms with van der Waals surface area (Å²) in [5.74, 6) is -0.678. The molecule has 0 spiro atoms. The normalized spacial score (nSPS) is 11.4. The summed E-state index contributed by atoms with van der Waals surface area (Å²) < 4.78 is 19.8. The monoisotopic (exact) mass is 410 g/mol. The van der Waals surface area contributed by atoms with E-state index in [1.807, 2.05) is 36.4 Å². The molecular weight excluding hydrogens is 387 g/mol. The average Bonchev–Trinajstić information content (AvgIpc) is 3.17. The number of hydrogen-bond acceptors (Lipinski definition) is 4. The van der Waals surface area contributed by atoms with Gasteiger partial charge in [-0.25, -0.2) is 9.18 Å². The van der Waals surface area contributed by atoms with Crippen molar-refractivity contribution in [1.82, 2.24) is 15.8 Å². The lowest BCUT2D eigenvalue weighted by Crippen LogP contribution is -2.34. The third-order valence-electron chi connectivity index (χ3n) is 4.69. The molecule has 0 aliphatic carbocycles. The van der Waals surface area contributed by atoms with Crippen LogP contribution in [0, 0.1) is 5.82 Å². The number of benzene rings is 2. The summed E-state index contributed by atoms with van der Waals surface area (Å²) >= 11 is 0. The molecule has 8 heteroatoms. The number of aromatic carboxylic acids is 1. The van der Waals surface area contributed by atoms with Crippen molar-refractivity contribution in [2.75, 3.05) is 14.1 Å². The Morgan fingerprint density at radius 2 is 1.97 bits per heavy atom. The second-order valence-electron chi connectivity index (χ2n) is 6.59. The van der Waals surface area contributed by atoms with Gasteiger partial charge in [0.05, 0.1) is 6.54 Å². The van der Waals surface area contributed by atoms with E-state index in [2.05, 4.69) is 20.8 Å². The molecule has 156 valence electrons. The molecule has 0 saturated heterocycles. The van der Waals surface area contributed by atoms with Gasteiger partial charge in [-0.2, -0.15) is 0 Å². The van der Waals surface area contributed by atoms with Crippen LogP contribution in [0.4, 0.5) is 4.39 Å². The van der Waals surface area contributed by atoms with Crippen molar-refractivity contribution in [3.8, 4) is 11.1 Å². The lowest BCUT2D eigenvalue weighted by atomic mass is 10.00. The SMILES string of the molecule is CN=C(NC)NCc1noc(CCc2ccc(-c3ccccc3)c(F)c2)c1C(=O)O. The van der Waals surface area contributed by atoms with Crippen molar-refractivity contribution in [1.29, 1.82) is 0 Å². The van der Waals surface area contributed by atoms with Gasteiger partial charge in [0.25, 0.3) is 0 Å². The summed E-state index contributed by atoms with van der Waals surface area (Å²) in [7, 11) is 3.30. The zero-order chi connectivity index (χ0) is 21.5. The molecule has 7 nitrogen and oxygen atoms in total. The van der Waals surface area contributed by atoms with E-state index in [1.165, 1.54) is 6.07 Å². The molecule has 3 rings (SSSR count). The predicted octanol–water partition coefficient (Wildman–Crippen LogP) is 3.26. The van der Waals surface area contributed by atoms with E-state index >= 15 is 0 Å². The third kappa shape index (κ3) is 4.83. The molecule has 3 aromatic rings. The largest absolute Gasteiger partial charge is 0.477 e. The van der Waals surface area contributed by atoms with Gasteiger partial charge in [0, 0.05) is 26.1 Å². The molecule has 0 aliphatic heterocycles. The van der Waals surface area contributed by atoms with Gasteiger partial charge in [-0.15, -0.1) is 0 Å². The van der Waals surface area contributed by atoms with Gasteiger partial charge < -0.3 is 20.3 Å². The Hall–Kier alpha value is -3.68. The number of nitrogens with zero attached hydrogens (tertiary/aromatic N) is 2. The number of guanidine groups is 1. The van der Waals surface area contributed by atoms with E-state index < -0.39 is 5.97 Å². The fourth-order valence-corrected chi connectivity index (χ4v) is 3.17. The minimum Gasteiger partial charge on any atom is -0.477 e. The summed E-state index contributed by atoms with van der Waals surface area (Å²) in [6.07, 6.45) is 0.714. The maximum absolute atomic E-state index is 14.6. The van der Waals surface area contributed by atoms with Crippen LogP contribution in [0.25, 0.3) is 11.1 Å². The number of nitrogens with one attached hydrogen (secondary N) is 2. The molecule has 0 radical (unpaired) electrons. The topological polar surface area (TPSA) is 99.8 Å². The number of aryl methyl sites for hydroxylation is 2. The van der Waals surface area contributed by atoms with E-state index in [9.17, 15) is 14.3 Å². The number of aromatic nitrogens is 1. The number of rotatable bonds is 7. The van der Waals surface area contributed by atoms with Crippen LogP contribution in [-0.2, 0) is 19.4 Å². The summed E-state index contributed by atoms with van der Waals surface area (Å²) in [4.78, 5) is 15.7. The summed E-state index contributed by atoms with van der Waals surface area (Å²) in [6, 6.07) is 14.3. The Kier molecular flexibility index (Phi) is 6.79. The first-order chi connectivity index (χ1) is 14.5. The van der Waals surface area contributed by atoms with E-state index in [4.69, 9.17) is 4.52 Å². The van der Waals surface area contributed by atoms with Gasteiger partial charge in [0.15, 0.2) is 11.7 Å². The molecule has 0 bridgehead atoms. The van der Waals surface area contributed by atoms with Gasteiger partial charge >= 0.3 is 5.97 Å². The van der Waals surface area contributed by atoms with E-state index in [1.54, 1.807) is 20.2 Å². The van der Waals surface area contributed by atoms with Crippen molar-refractivity contribution in [3.05, 3.63) is 76.9 Å². The predicted molar refractivity (Wildman–Crippen MR) is 112 cm³/mol. The Morgan fingerprint density at radius 3 is 2.60 bits per heavy atom. The Labute approximate surface area is 173 Å². The van der Waals surface area contributed by atoms with Crippen molar-refractivity contribution in [3.63, 3.8) is 0 Å². The highest BCUT2D eigenvalue weighted by molar-refractivity contribution is 5.90. The van der Waals surface area contributed by atoms with Crippen LogP contribution in [0.5, 0.6) is 0 Å². The van der Waals surface area contributed by atoms with Gasteiger partial charge in [0.2, 0.25) is 0 Å². The van der Waals surface area contributed by atoms with Crippen LogP contribution < -0.4 is 10.6 Å². The number of carboxylic acid groups (broad SMARTS) is 1. The van der Waals surface area contributed by atoms with Gasteiger partial charge in [-0.05, 0) is 23.6 Å². The first kappa shape index (κ1) is 21.0. The molecule has 3 N–H and O–H groups in total. The molecule has 1 heterocycles. The van der Waals surface area contributed by atoms with Crippen molar-refractivity contribution in [2.45, 2.75) is 19.4 Å². The van der Waals surface area contributed by atoms with Gasteiger partial charge in [-0.3, -0.25) is 4.99 Å². The molecular formula is C22H23FN4O3. The van der Waals surface area contributed by atoms with Gasteiger partial charge in [-0.1, -0.05) is 47.6 Å². The number of hydrogen-bond donors (Lipinski definition) is 3. The average molecular weight is 410 g/mol. The molecule has 0 aliphatic rings. The molecule has 30 heavy (non-hydrogen) atoms. The summed E-state index contributed by atoms with van der Waals surface area (Å²) in [5, 5.41) is 19.3. The van der Waals surface area contributed by atoms with Crippen LogP contribution in [-0.4, -0.2) is 36.3 Å². The quantitative estimate of drug-likeness (QED) is 0.408. The first-order valence-corrected chi connectivity index (χ1v) is 9.46. The standard InChI is InChI=1S/C22H23FN4O3/c1-24-22(25-2)26-13-18-20(21(28)29)19(30-27-18)11-9-14-8-10-16(17(23)12-14)15-6-4-3-5-7-15/h3-8,10,12H,9,11,13H2,1-2H3,(H,28,29)(H2,24,25,26). The Bertz CT molecular complexity index is 1050. The lowest BCUT2D eigenvalue weighted by Gasteiger charge is -2.07. The molecule has 0 fully saturated rings. The third-order valence-corrected chi connectivity index (χ3v) is 4.69. The van der Waals surface area contributed by atoms with Crippen LogP contribution in [0.2, 0.25) is 0 Å². The van der Waals surface area contributed by atoms with Crippen LogP contribution in [0.3, 0.4) is 0 Å². The Balaban J connectivity index is 1.72. The van der Waals surface area contributed by atoms with E-state index in [0.717, 1.165) is 11.1 Å². The number of carbonyl (C=O) groups is 1. The molecule has 0 atom stereocenters. The molecule has 0 unspecified atom stereocenters. The van der Waals surface area contributed by atoms with E-state index in [-0.39, 0.29) is 29.4 Å². The maximum Gasteiger partial charge on any atom is 0.341 e. The molecule has 2 aromatic carbocycles. The zero-order valence-corrected chi connectivity index (χ0v) is 16.8. The first-order valence-electron chi connectivity index (χ1n) is 9.46. The summed E-state index contributed by atoms with van der Waals surface area (Å²) in [5.41, 5.74) is 2.38. The smallest absolute Gasteiger partial charge is 0.341 e. The fraction of sp³-hybridized carbons (Fsp3) is 0.227. The lowest BCUT2D eigenvalue weighted by molar-refractivity contribution is 0.0693.